The van der Waals surface area contributed by atoms with E-state index in [0.29, 0.717) is 11.1 Å². The van der Waals surface area contributed by atoms with E-state index in [0.717, 1.165) is 22.2 Å². The van der Waals surface area contributed by atoms with E-state index < -0.39 is 11.7 Å². The summed E-state index contributed by atoms with van der Waals surface area (Å²) in [5.41, 5.74) is 1.27. The lowest BCUT2D eigenvalue weighted by Gasteiger charge is -2.08. The lowest BCUT2D eigenvalue weighted by atomic mass is 9.99. The average molecular weight is 357 g/mol. The number of carbonyl (C=O) groups excluding carboxylic acids is 1. The van der Waals surface area contributed by atoms with Crippen LogP contribution in [-0.2, 0) is 12.6 Å². The number of hydrogen-bond donors (Lipinski definition) is 0. The van der Waals surface area contributed by atoms with Gasteiger partial charge in [-0.1, -0.05) is 34.1 Å². The predicted octanol–water partition coefficient (Wildman–Crippen LogP) is 5.20. The third-order valence-electron chi connectivity index (χ3n) is 3.15. The Morgan fingerprint density at radius 2 is 1.71 bits per heavy atom. The standard InChI is InChI=1S/C16H12BrF3O/c1-10-2-7-13(17)9-14(10)15(21)8-11-3-5-12(6-4-11)16(18,19)20/h2-7,9H,8H2,1H3. The molecule has 5 heteroatoms. The minimum atomic E-state index is -4.36. The first kappa shape index (κ1) is 15.8. The van der Waals surface area contributed by atoms with E-state index >= 15 is 0 Å². The van der Waals surface area contributed by atoms with Crippen LogP contribution in [0.4, 0.5) is 13.2 Å². The van der Waals surface area contributed by atoms with Gasteiger partial charge in [0.2, 0.25) is 0 Å². The zero-order valence-electron chi connectivity index (χ0n) is 11.2. The molecule has 2 aromatic carbocycles. The van der Waals surface area contributed by atoms with Gasteiger partial charge in [-0.2, -0.15) is 13.2 Å². The molecule has 0 heterocycles. The Morgan fingerprint density at radius 3 is 2.29 bits per heavy atom. The first-order chi connectivity index (χ1) is 9.77. The summed E-state index contributed by atoms with van der Waals surface area (Å²) in [5, 5.41) is 0. The van der Waals surface area contributed by atoms with Crippen molar-refractivity contribution in [3.05, 3.63) is 69.2 Å². The van der Waals surface area contributed by atoms with Crippen LogP contribution in [0.15, 0.2) is 46.9 Å². The highest BCUT2D eigenvalue weighted by atomic mass is 79.9. The summed E-state index contributed by atoms with van der Waals surface area (Å²) in [6.45, 7) is 1.83. The Hall–Kier alpha value is -1.62. The van der Waals surface area contributed by atoms with Crippen LogP contribution in [0.1, 0.15) is 27.0 Å². The molecule has 2 rings (SSSR count). The lowest BCUT2D eigenvalue weighted by molar-refractivity contribution is -0.137. The molecule has 0 atom stereocenters. The lowest BCUT2D eigenvalue weighted by Crippen LogP contribution is -2.07. The van der Waals surface area contributed by atoms with Gasteiger partial charge in [0.1, 0.15) is 0 Å². The first-order valence-electron chi connectivity index (χ1n) is 6.23. The van der Waals surface area contributed by atoms with Crippen LogP contribution >= 0.6 is 15.9 Å². The number of rotatable bonds is 3. The summed E-state index contributed by atoms with van der Waals surface area (Å²) in [6, 6.07) is 10.1. The van der Waals surface area contributed by atoms with Crippen molar-refractivity contribution >= 4 is 21.7 Å². The average Bonchev–Trinajstić information content (AvgIpc) is 2.41. The molecule has 0 spiro atoms. The molecule has 0 unspecified atom stereocenters. The van der Waals surface area contributed by atoms with Crippen molar-refractivity contribution in [1.82, 2.24) is 0 Å². The number of alkyl halides is 3. The maximum Gasteiger partial charge on any atom is 0.416 e. The van der Waals surface area contributed by atoms with Crippen molar-refractivity contribution in [3.63, 3.8) is 0 Å². The maximum atomic E-state index is 12.5. The Balaban J connectivity index is 2.18. The molecule has 0 saturated carbocycles. The van der Waals surface area contributed by atoms with Crippen LogP contribution in [0.3, 0.4) is 0 Å². The van der Waals surface area contributed by atoms with Crippen LogP contribution < -0.4 is 0 Å². The zero-order valence-corrected chi connectivity index (χ0v) is 12.8. The van der Waals surface area contributed by atoms with Crippen molar-refractivity contribution in [2.24, 2.45) is 0 Å². The Kier molecular flexibility index (Phi) is 4.52. The van der Waals surface area contributed by atoms with Crippen LogP contribution in [0.5, 0.6) is 0 Å². The van der Waals surface area contributed by atoms with Gasteiger partial charge >= 0.3 is 6.18 Å². The number of aryl methyl sites for hydroxylation is 1. The first-order valence-corrected chi connectivity index (χ1v) is 7.02. The van der Waals surface area contributed by atoms with Crippen LogP contribution in [-0.4, -0.2) is 5.78 Å². The third kappa shape index (κ3) is 3.94. The fourth-order valence-electron chi connectivity index (χ4n) is 1.99. The molecule has 0 aliphatic rings. The van der Waals surface area contributed by atoms with Gasteiger partial charge < -0.3 is 0 Å². The topological polar surface area (TPSA) is 17.1 Å². The number of hydrogen-bond acceptors (Lipinski definition) is 1. The van der Waals surface area contributed by atoms with Gasteiger partial charge in [-0.25, -0.2) is 0 Å². The summed E-state index contributed by atoms with van der Waals surface area (Å²) in [6.07, 6.45) is -4.28. The Morgan fingerprint density at radius 1 is 1.10 bits per heavy atom. The van der Waals surface area contributed by atoms with E-state index in [9.17, 15) is 18.0 Å². The SMILES string of the molecule is Cc1ccc(Br)cc1C(=O)Cc1ccc(C(F)(F)F)cc1. The normalized spacial score (nSPS) is 11.5. The molecule has 0 aromatic heterocycles. The number of carbonyl (C=O) groups is 1. The van der Waals surface area contributed by atoms with Crippen LogP contribution in [0.2, 0.25) is 0 Å². The molecule has 0 fully saturated rings. The molecular weight excluding hydrogens is 345 g/mol. The van der Waals surface area contributed by atoms with Gasteiger partial charge in [-0.3, -0.25) is 4.79 Å². The third-order valence-corrected chi connectivity index (χ3v) is 3.64. The smallest absolute Gasteiger partial charge is 0.294 e. The monoisotopic (exact) mass is 356 g/mol. The number of ketones is 1. The molecule has 0 aliphatic carbocycles. The molecule has 0 N–H and O–H groups in total. The van der Waals surface area contributed by atoms with Crippen molar-refractivity contribution in [3.8, 4) is 0 Å². The fraction of sp³-hybridized carbons (Fsp3) is 0.188. The molecule has 1 nitrogen and oxygen atoms in total. The molecule has 0 radical (unpaired) electrons. The predicted molar refractivity (Wildman–Crippen MR) is 78.4 cm³/mol. The second kappa shape index (κ2) is 6.02. The van der Waals surface area contributed by atoms with Crippen molar-refractivity contribution < 1.29 is 18.0 Å². The van der Waals surface area contributed by atoms with E-state index in [1.807, 2.05) is 19.1 Å². The van der Waals surface area contributed by atoms with Crippen molar-refractivity contribution in [2.75, 3.05) is 0 Å². The fourth-order valence-corrected chi connectivity index (χ4v) is 2.35. The Bertz CT molecular complexity index is 660. The highest BCUT2D eigenvalue weighted by Crippen LogP contribution is 2.29. The molecule has 0 amide bonds. The summed E-state index contributed by atoms with van der Waals surface area (Å²) >= 11 is 3.30. The zero-order chi connectivity index (χ0) is 15.6. The summed E-state index contributed by atoms with van der Waals surface area (Å²) in [7, 11) is 0. The number of Topliss-reactive ketones (excluding diaryl/α,β-unsaturated/α-hetero) is 1. The molecule has 0 bridgehead atoms. The minimum absolute atomic E-state index is 0.0788. The van der Waals surface area contributed by atoms with Crippen molar-refractivity contribution in [2.45, 2.75) is 19.5 Å². The van der Waals surface area contributed by atoms with E-state index in [1.165, 1.54) is 12.1 Å². The number of halogens is 4. The van der Waals surface area contributed by atoms with Crippen LogP contribution in [0.25, 0.3) is 0 Å². The van der Waals surface area contributed by atoms with Gasteiger partial charge in [0.05, 0.1) is 5.56 Å². The second-order valence-corrected chi connectivity index (χ2v) is 5.67. The van der Waals surface area contributed by atoms with Crippen LogP contribution in [0, 0.1) is 6.92 Å². The molecule has 110 valence electrons. The summed E-state index contributed by atoms with van der Waals surface area (Å²) in [4.78, 5) is 12.2. The van der Waals surface area contributed by atoms with E-state index in [1.54, 1.807) is 6.07 Å². The molecular formula is C16H12BrF3O. The highest BCUT2D eigenvalue weighted by Gasteiger charge is 2.30. The molecule has 0 saturated heterocycles. The summed E-state index contributed by atoms with van der Waals surface area (Å²) < 4.78 is 38.2. The maximum absolute atomic E-state index is 12.5. The van der Waals surface area contributed by atoms with E-state index in [2.05, 4.69) is 15.9 Å². The highest BCUT2D eigenvalue weighted by molar-refractivity contribution is 9.10. The largest absolute Gasteiger partial charge is 0.416 e. The molecule has 2 aromatic rings. The van der Waals surface area contributed by atoms with Gasteiger partial charge in [0, 0.05) is 16.5 Å². The van der Waals surface area contributed by atoms with Crippen molar-refractivity contribution in [1.29, 1.82) is 0 Å². The van der Waals surface area contributed by atoms with Gasteiger partial charge in [-0.05, 0) is 42.3 Å². The molecule has 0 aliphatic heterocycles. The van der Waals surface area contributed by atoms with Gasteiger partial charge in [-0.15, -0.1) is 0 Å². The van der Waals surface area contributed by atoms with E-state index in [-0.39, 0.29) is 12.2 Å². The van der Waals surface area contributed by atoms with E-state index in [4.69, 9.17) is 0 Å². The summed E-state index contributed by atoms with van der Waals surface area (Å²) in [5.74, 6) is -0.117. The second-order valence-electron chi connectivity index (χ2n) is 4.75. The minimum Gasteiger partial charge on any atom is -0.294 e. The quantitative estimate of drug-likeness (QED) is 0.690. The molecule has 21 heavy (non-hydrogen) atoms. The van der Waals surface area contributed by atoms with Gasteiger partial charge in [0.25, 0.3) is 0 Å². The number of benzene rings is 2. The van der Waals surface area contributed by atoms with Gasteiger partial charge in [0.15, 0.2) is 5.78 Å². The Labute approximate surface area is 128 Å².